The zero-order valence-electron chi connectivity index (χ0n) is 12.5. The molecule has 2 N–H and O–H groups in total. The highest BCUT2D eigenvalue weighted by Gasteiger charge is 2.07. The summed E-state index contributed by atoms with van der Waals surface area (Å²) in [6, 6.07) is 9.72. The minimum atomic E-state index is -0.0209. The van der Waals surface area contributed by atoms with Gasteiger partial charge in [0.2, 0.25) is 0 Å². The van der Waals surface area contributed by atoms with Crippen LogP contribution in [0.3, 0.4) is 0 Å². The minimum absolute atomic E-state index is 0.0209. The van der Waals surface area contributed by atoms with Crippen molar-refractivity contribution in [1.82, 2.24) is 0 Å². The highest BCUT2D eigenvalue weighted by Crippen LogP contribution is 2.35. The molecule has 0 radical (unpaired) electrons. The van der Waals surface area contributed by atoms with Gasteiger partial charge in [0.25, 0.3) is 0 Å². The zero-order chi connectivity index (χ0) is 16.1. The second kappa shape index (κ2) is 7.13. The van der Waals surface area contributed by atoms with Gasteiger partial charge in [-0.25, -0.2) is 0 Å². The number of rotatable bonds is 5. The minimum Gasteiger partial charge on any atom is -0.506 e. The van der Waals surface area contributed by atoms with Gasteiger partial charge in [0.1, 0.15) is 22.9 Å². The van der Waals surface area contributed by atoms with Crippen LogP contribution in [-0.2, 0) is 0 Å². The number of halogens is 1. The molecule has 5 nitrogen and oxygen atoms in total. The van der Waals surface area contributed by atoms with Gasteiger partial charge < -0.3 is 15.1 Å². The number of benzene rings is 2. The van der Waals surface area contributed by atoms with Crippen LogP contribution in [0.15, 0.2) is 46.6 Å². The summed E-state index contributed by atoms with van der Waals surface area (Å²) in [6.07, 6.45) is 0. The summed E-state index contributed by atoms with van der Waals surface area (Å²) in [4.78, 5) is 2.11. The van der Waals surface area contributed by atoms with Gasteiger partial charge in [0, 0.05) is 29.9 Å². The quantitative estimate of drug-likeness (QED) is 0.761. The molecule has 0 aliphatic carbocycles. The van der Waals surface area contributed by atoms with Crippen LogP contribution in [0.4, 0.5) is 17.1 Å². The smallest absolute Gasteiger partial charge is 0.145 e. The molecular formula is C16H18ClN3O2. The molecule has 0 aromatic heterocycles. The highest BCUT2D eigenvalue weighted by atomic mass is 35.5. The molecule has 0 saturated heterocycles. The van der Waals surface area contributed by atoms with Crippen LogP contribution in [0.2, 0.25) is 5.02 Å². The predicted molar refractivity (Wildman–Crippen MR) is 89.0 cm³/mol. The van der Waals surface area contributed by atoms with Crippen LogP contribution in [0, 0.1) is 0 Å². The number of aromatic hydroxyl groups is 2. The molecular weight excluding hydrogens is 302 g/mol. The highest BCUT2D eigenvalue weighted by molar-refractivity contribution is 6.30. The summed E-state index contributed by atoms with van der Waals surface area (Å²) >= 11 is 5.85. The van der Waals surface area contributed by atoms with Crippen LogP contribution in [0.25, 0.3) is 0 Å². The summed E-state index contributed by atoms with van der Waals surface area (Å²) in [5, 5.41) is 28.1. The van der Waals surface area contributed by atoms with Gasteiger partial charge >= 0.3 is 0 Å². The number of phenolic OH excluding ortho intramolecular Hbond substituents is 2. The number of anilines is 1. The molecule has 0 atom stereocenters. The van der Waals surface area contributed by atoms with Crippen LogP contribution in [0.5, 0.6) is 11.5 Å². The van der Waals surface area contributed by atoms with E-state index in [-0.39, 0.29) is 17.2 Å². The van der Waals surface area contributed by atoms with Gasteiger partial charge in [-0.2, -0.15) is 0 Å². The molecule has 2 aromatic rings. The molecule has 0 saturated carbocycles. The number of azo groups is 1. The van der Waals surface area contributed by atoms with E-state index in [1.54, 1.807) is 18.2 Å². The average molecular weight is 320 g/mol. The van der Waals surface area contributed by atoms with Gasteiger partial charge in [-0.1, -0.05) is 11.6 Å². The maximum Gasteiger partial charge on any atom is 0.145 e. The Morgan fingerprint density at radius 2 is 1.59 bits per heavy atom. The van der Waals surface area contributed by atoms with E-state index in [1.165, 1.54) is 12.1 Å². The van der Waals surface area contributed by atoms with Gasteiger partial charge in [-0.3, -0.25) is 0 Å². The molecule has 2 aromatic carbocycles. The molecule has 0 aliphatic heterocycles. The molecule has 0 fully saturated rings. The third kappa shape index (κ3) is 3.68. The Labute approximate surface area is 134 Å². The maximum atomic E-state index is 10.1. The Kier molecular flexibility index (Phi) is 5.22. The van der Waals surface area contributed by atoms with Gasteiger partial charge in [0.05, 0.1) is 0 Å². The van der Waals surface area contributed by atoms with E-state index >= 15 is 0 Å². The van der Waals surface area contributed by atoms with Crippen molar-refractivity contribution in [2.75, 3.05) is 18.0 Å². The van der Waals surface area contributed by atoms with Crippen molar-refractivity contribution in [3.8, 4) is 11.5 Å². The first-order chi connectivity index (χ1) is 10.5. The van der Waals surface area contributed by atoms with E-state index in [4.69, 9.17) is 11.6 Å². The Hall–Kier alpha value is -2.27. The second-order valence-electron chi connectivity index (χ2n) is 4.68. The summed E-state index contributed by atoms with van der Waals surface area (Å²) in [7, 11) is 0. The van der Waals surface area contributed by atoms with Crippen molar-refractivity contribution >= 4 is 28.7 Å². The predicted octanol–water partition coefficient (Wildman–Crippen LogP) is 5.01. The normalized spacial score (nSPS) is 11.0. The summed E-state index contributed by atoms with van der Waals surface area (Å²) in [5.74, 6) is 0.0158. The lowest BCUT2D eigenvalue weighted by molar-refractivity contribution is 0.474. The Morgan fingerprint density at radius 1 is 0.909 bits per heavy atom. The Balaban J connectivity index is 2.26. The van der Waals surface area contributed by atoms with E-state index in [9.17, 15) is 10.2 Å². The molecule has 0 heterocycles. The lowest BCUT2D eigenvalue weighted by atomic mass is 10.2. The van der Waals surface area contributed by atoms with Crippen LogP contribution < -0.4 is 4.90 Å². The molecule has 2 rings (SSSR count). The number of hydrogen-bond acceptors (Lipinski definition) is 5. The van der Waals surface area contributed by atoms with E-state index in [0.717, 1.165) is 18.8 Å². The number of hydrogen-bond donors (Lipinski definition) is 2. The SMILES string of the molecule is CCN(CC)c1ccc(N=Nc2cc(Cl)ccc2O)c(O)c1. The molecule has 0 unspecified atom stereocenters. The van der Waals surface area contributed by atoms with E-state index in [2.05, 4.69) is 29.0 Å². The largest absolute Gasteiger partial charge is 0.506 e. The van der Waals surface area contributed by atoms with E-state index in [1.807, 2.05) is 6.07 Å². The van der Waals surface area contributed by atoms with Crippen molar-refractivity contribution in [1.29, 1.82) is 0 Å². The second-order valence-corrected chi connectivity index (χ2v) is 5.11. The van der Waals surface area contributed by atoms with Gasteiger partial charge in [0.15, 0.2) is 0 Å². The summed E-state index contributed by atoms with van der Waals surface area (Å²) in [5.41, 5.74) is 1.50. The first-order valence-corrected chi connectivity index (χ1v) is 7.41. The van der Waals surface area contributed by atoms with Crippen LogP contribution >= 0.6 is 11.6 Å². The van der Waals surface area contributed by atoms with Gasteiger partial charge in [-0.05, 0) is 44.2 Å². The fourth-order valence-electron chi connectivity index (χ4n) is 2.07. The molecule has 0 aliphatic rings. The Morgan fingerprint density at radius 3 is 2.23 bits per heavy atom. The van der Waals surface area contributed by atoms with Crippen LogP contribution in [-0.4, -0.2) is 23.3 Å². The lowest BCUT2D eigenvalue weighted by Gasteiger charge is -2.21. The van der Waals surface area contributed by atoms with Gasteiger partial charge in [-0.15, -0.1) is 10.2 Å². The Bertz CT molecular complexity index is 685. The van der Waals surface area contributed by atoms with Crippen molar-refractivity contribution in [2.45, 2.75) is 13.8 Å². The molecule has 116 valence electrons. The zero-order valence-corrected chi connectivity index (χ0v) is 13.2. The monoisotopic (exact) mass is 319 g/mol. The fourth-order valence-corrected chi connectivity index (χ4v) is 2.23. The third-order valence-electron chi connectivity index (χ3n) is 3.29. The number of nitrogens with zero attached hydrogens (tertiary/aromatic N) is 3. The standard InChI is InChI=1S/C16H18ClN3O2/c1-3-20(4-2)12-6-7-13(16(22)10-12)18-19-14-9-11(17)5-8-15(14)21/h5-10,21-22H,3-4H2,1-2H3. The first kappa shape index (κ1) is 16.1. The van der Waals surface area contributed by atoms with Crippen molar-refractivity contribution in [2.24, 2.45) is 10.2 Å². The summed E-state index contributed by atoms with van der Waals surface area (Å²) in [6.45, 7) is 5.81. The fraction of sp³-hybridized carbons (Fsp3) is 0.250. The molecule has 0 bridgehead atoms. The first-order valence-electron chi connectivity index (χ1n) is 7.03. The molecule has 22 heavy (non-hydrogen) atoms. The average Bonchev–Trinajstić information content (AvgIpc) is 2.51. The molecule has 0 spiro atoms. The lowest BCUT2D eigenvalue weighted by Crippen LogP contribution is -2.21. The topological polar surface area (TPSA) is 68.4 Å². The maximum absolute atomic E-state index is 10.1. The van der Waals surface area contributed by atoms with Crippen molar-refractivity contribution < 1.29 is 10.2 Å². The van der Waals surface area contributed by atoms with Crippen LogP contribution in [0.1, 0.15) is 13.8 Å². The van der Waals surface area contributed by atoms with E-state index < -0.39 is 0 Å². The van der Waals surface area contributed by atoms with Crippen molar-refractivity contribution in [3.05, 3.63) is 41.4 Å². The van der Waals surface area contributed by atoms with E-state index in [0.29, 0.717) is 10.7 Å². The third-order valence-corrected chi connectivity index (χ3v) is 3.53. The number of phenols is 2. The summed E-state index contributed by atoms with van der Waals surface area (Å²) < 4.78 is 0. The van der Waals surface area contributed by atoms with Crippen molar-refractivity contribution in [3.63, 3.8) is 0 Å². The molecule has 0 amide bonds. The molecule has 6 heteroatoms.